The van der Waals surface area contributed by atoms with Gasteiger partial charge in [0.05, 0.1) is 12.8 Å². The molecule has 4 aromatic rings. The van der Waals surface area contributed by atoms with Gasteiger partial charge in [0.15, 0.2) is 0 Å². The third-order valence-corrected chi connectivity index (χ3v) is 4.25. The highest BCUT2D eigenvalue weighted by Crippen LogP contribution is 2.29. The molecule has 0 bridgehead atoms. The summed E-state index contributed by atoms with van der Waals surface area (Å²) in [5, 5.41) is 6.74. The normalized spacial score (nSPS) is 10.3. The van der Waals surface area contributed by atoms with Gasteiger partial charge >= 0.3 is 0 Å². The summed E-state index contributed by atoms with van der Waals surface area (Å²) >= 11 is 0. The molecular formula is C23H20N4O. The predicted molar refractivity (Wildman–Crippen MR) is 113 cm³/mol. The summed E-state index contributed by atoms with van der Waals surface area (Å²) in [6.07, 6.45) is 1.55. The lowest BCUT2D eigenvalue weighted by Gasteiger charge is -2.11. The number of hydrogen-bond donors (Lipinski definition) is 2. The molecule has 0 fully saturated rings. The highest BCUT2D eigenvalue weighted by atomic mass is 16.5. The number of hydrogen-bond acceptors (Lipinski definition) is 5. The summed E-state index contributed by atoms with van der Waals surface area (Å²) in [5.74, 6) is 1.49. The van der Waals surface area contributed by atoms with Crippen LogP contribution in [-0.2, 0) is 0 Å². The molecule has 5 nitrogen and oxygen atoms in total. The van der Waals surface area contributed by atoms with E-state index in [0.717, 1.165) is 34.1 Å². The number of rotatable bonds is 6. The molecule has 3 aromatic carbocycles. The fourth-order valence-electron chi connectivity index (χ4n) is 2.94. The SMILES string of the molecule is COc1ccccc1-c1cc(Nc2cccc(Nc3ccccc3)c2)ncn1. The van der Waals surface area contributed by atoms with Crippen LogP contribution in [0.3, 0.4) is 0 Å². The Bertz CT molecular complexity index is 1070. The molecule has 0 saturated heterocycles. The smallest absolute Gasteiger partial charge is 0.134 e. The van der Waals surface area contributed by atoms with Crippen molar-refractivity contribution in [3.05, 3.63) is 91.3 Å². The molecule has 0 unspecified atom stereocenters. The van der Waals surface area contributed by atoms with E-state index in [1.165, 1.54) is 0 Å². The van der Waals surface area contributed by atoms with Crippen LogP contribution in [0.1, 0.15) is 0 Å². The van der Waals surface area contributed by atoms with Crippen molar-refractivity contribution in [2.75, 3.05) is 17.7 Å². The van der Waals surface area contributed by atoms with Crippen molar-refractivity contribution >= 4 is 22.9 Å². The van der Waals surface area contributed by atoms with Gasteiger partial charge in [-0.3, -0.25) is 0 Å². The fraction of sp³-hybridized carbons (Fsp3) is 0.0435. The van der Waals surface area contributed by atoms with Gasteiger partial charge in [-0.25, -0.2) is 9.97 Å². The Morgan fingerprint density at radius 3 is 2.21 bits per heavy atom. The number of ether oxygens (including phenoxy) is 1. The number of nitrogens with zero attached hydrogens (tertiary/aromatic N) is 2. The average Bonchev–Trinajstić information content (AvgIpc) is 2.75. The number of methoxy groups -OCH3 is 1. The van der Waals surface area contributed by atoms with Gasteiger partial charge in [0.2, 0.25) is 0 Å². The van der Waals surface area contributed by atoms with Gasteiger partial charge in [0.25, 0.3) is 0 Å². The largest absolute Gasteiger partial charge is 0.496 e. The maximum atomic E-state index is 5.44. The van der Waals surface area contributed by atoms with E-state index in [9.17, 15) is 0 Å². The van der Waals surface area contributed by atoms with Gasteiger partial charge in [-0.15, -0.1) is 0 Å². The number of anilines is 4. The average molecular weight is 368 g/mol. The number of benzene rings is 3. The van der Waals surface area contributed by atoms with Crippen LogP contribution in [0.25, 0.3) is 11.3 Å². The van der Waals surface area contributed by atoms with Crippen LogP contribution < -0.4 is 15.4 Å². The second-order valence-corrected chi connectivity index (χ2v) is 6.19. The van der Waals surface area contributed by atoms with Crippen molar-refractivity contribution in [2.24, 2.45) is 0 Å². The Labute approximate surface area is 164 Å². The second-order valence-electron chi connectivity index (χ2n) is 6.19. The summed E-state index contributed by atoms with van der Waals surface area (Å²) < 4.78 is 5.44. The molecule has 2 N–H and O–H groups in total. The highest BCUT2D eigenvalue weighted by molar-refractivity contribution is 5.72. The van der Waals surface area contributed by atoms with E-state index in [0.29, 0.717) is 5.82 Å². The van der Waals surface area contributed by atoms with Crippen LogP contribution in [0.15, 0.2) is 91.3 Å². The van der Waals surface area contributed by atoms with Crippen molar-refractivity contribution in [1.29, 1.82) is 0 Å². The summed E-state index contributed by atoms with van der Waals surface area (Å²) in [6.45, 7) is 0. The third-order valence-electron chi connectivity index (χ3n) is 4.25. The Balaban J connectivity index is 1.56. The van der Waals surface area contributed by atoms with Gasteiger partial charge in [-0.2, -0.15) is 0 Å². The van der Waals surface area contributed by atoms with E-state index in [-0.39, 0.29) is 0 Å². The lowest BCUT2D eigenvalue weighted by atomic mass is 10.1. The molecule has 28 heavy (non-hydrogen) atoms. The molecule has 0 aliphatic carbocycles. The summed E-state index contributed by atoms with van der Waals surface area (Å²) in [5.41, 5.74) is 4.70. The standard InChI is InChI=1S/C23H20N4O/c1-28-22-13-6-5-12-20(22)21-15-23(25-16-24-21)27-19-11-7-10-18(14-19)26-17-8-3-2-4-9-17/h2-16,26H,1H3,(H,24,25,27). The zero-order chi connectivity index (χ0) is 19.2. The molecule has 0 aliphatic rings. The van der Waals surface area contributed by atoms with Crippen LogP contribution in [-0.4, -0.2) is 17.1 Å². The molecule has 0 spiro atoms. The molecule has 138 valence electrons. The lowest BCUT2D eigenvalue weighted by molar-refractivity contribution is 0.416. The number of para-hydroxylation sites is 2. The molecule has 4 rings (SSSR count). The van der Waals surface area contributed by atoms with Crippen LogP contribution >= 0.6 is 0 Å². The Morgan fingerprint density at radius 1 is 0.679 bits per heavy atom. The molecule has 5 heteroatoms. The van der Waals surface area contributed by atoms with Crippen molar-refractivity contribution in [3.8, 4) is 17.0 Å². The van der Waals surface area contributed by atoms with E-state index in [1.54, 1.807) is 13.4 Å². The minimum Gasteiger partial charge on any atom is -0.496 e. The molecule has 0 radical (unpaired) electrons. The second kappa shape index (κ2) is 8.22. The molecule has 1 aromatic heterocycles. The van der Waals surface area contributed by atoms with Crippen molar-refractivity contribution in [1.82, 2.24) is 9.97 Å². The van der Waals surface area contributed by atoms with Crippen LogP contribution in [0.4, 0.5) is 22.9 Å². The first-order valence-electron chi connectivity index (χ1n) is 8.96. The topological polar surface area (TPSA) is 59.1 Å². The highest BCUT2D eigenvalue weighted by Gasteiger charge is 2.08. The zero-order valence-electron chi connectivity index (χ0n) is 15.5. The number of nitrogens with one attached hydrogen (secondary N) is 2. The van der Waals surface area contributed by atoms with Crippen LogP contribution in [0.5, 0.6) is 5.75 Å². The van der Waals surface area contributed by atoms with Crippen LogP contribution in [0.2, 0.25) is 0 Å². The van der Waals surface area contributed by atoms with Gasteiger partial charge in [0, 0.05) is 28.7 Å². The number of aromatic nitrogens is 2. The molecule has 0 saturated carbocycles. The lowest BCUT2D eigenvalue weighted by Crippen LogP contribution is -1.97. The first-order chi connectivity index (χ1) is 13.8. The minimum atomic E-state index is 0.716. The van der Waals surface area contributed by atoms with Gasteiger partial charge in [-0.05, 0) is 42.5 Å². The predicted octanol–water partition coefficient (Wildman–Crippen LogP) is 5.64. The van der Waals surface area contributed by atoms with Crippen molar-refractivity contribution < 1.29 is 4.74 Å². The Morgan fingerprint density at radius 2 is 1.39 bits per heavy atom. The van der Waals surface area contributed by atoms with Gasteiger partial charge < -0.3 is 15.4 Å². The van der Waals surface area contributed by atoms with Gasteiger partial charge in [-0.1, -0.05) is 36.4 Å². The Kier molecular flexibility index (Phi) is 5.15. The maximum absolute atomic E-state index is 5.44. The van der Waals surface area contributed by atoms with E-state index in [4.69, 9.17) is 4.74 Å². The van der Waals surface area contributed by atoms with Crippen LogP contribution in [0, 0.1) is 0 Å². The quantitative estimate of drug-likeness (QED) is 0.461. The summed E-state index contributed by atoms with van der Waals surface area (Å²) in [7, 11) is 1.66. The monoisotopic (exact) mass is 368 g/mol. The van der Waals surface area contributed by atoms with Crippen molar-refractivity contribution in [2.45, 2.75) is 0 Å². The van der Waals surface area contributed by atoms with Crippen molar-refractivity contribution in [3.63, 3.8) is 0 Å². The zero-order valence-corrected chi connectivity index (χ0v) is 15.5. The molecule has 1 heterocycles. The first kappa shape index (κ1) is 17.5. The fourth-order valence-corrected chi connectivity index (χ4v) is 2.94. The van der Waals surface area contributed by atoms with Gasteiger partial charge in [0.1, 0.15) is 17.9 Å². The third kappa shape index (κ3) is 4.10. The molecular weight excluding hydrogens is 348 g/mol. The first-order valence-corrected chi connectivity index (χ1v) is 8.96. The Hall–Kier alpha value is -3.86. The van der Waals surface area contributed by atoms with E-state index in [2.05, 4.69) is 20.6 Å². The molecule has 0 atom stereocenters. The minimum absolute atomic E-state index is 0.716. The van der Waals surface area contributed by atoms with E-state index >= 15 is 0 Å². The van der Waals surface area contributed by atoms with E-state index < -0.39 is 0 Å². The van der Waals surface area contributed by atoms with E-state index in [1.807, 2.05) is 84.9 Å². The summed E-state index contributed by atoms with van der Waals surface area (Å²) in [4.78, 5) is 8.74. The molecule has 0 aliphatic heterocycles. The molecule has 0 amide bonds. The maximum Gasteiger partial charge on any atom is 0.134 e. The summed E-state index contributed by atoms with van der Waals surface area (Å²) in [6, 6.07) is 27.8.